The predicted molar refractivity (Wildman–Crippen MR) is 183 cm³/mol. The number of carbonyl (C=O) groups is 2. The standard InChI is InChI=1S/C34H60N4O7.ClH/c1-22(2)26(18-25-10-11-30(43-8)31(19-25)45-15-9-14-42-7)20-28(35)29(39)21-27(23(3)4)33(40)36-32(24(5)6)34(41)37-38-12-16-44-17-13-38;/h10-11,19,22-24,26-29,32,39H,9,12-18,20-21,35H2,1-8H3,(H,36,40)(H,37,41);1H/t26-,27-,28-,29-,32-;/m0./s1. The van der Waals surface area contributed by atoms with Crippen molar-refractivity contribution >= 4 is 24.2 Å². The Labute approximate surface area is 283 Å². The Morgan fingerprint density at radius 1 is 0.957 bits per heavy atom. The Morgan fingerprint density at radius 3 is 2.20 bits per heavy atom. The van der Waals surface area contributed by atoms with E-state index in [1.807, 2.05) is 50.9 Å². The fourth-order valence-electron chi connectivity index (χ4n) is 5.56. The van der Waals surface area contributed by atoms with E-state index in [-0.39, 0.29) is 48.4 Å². The summed E-state index contributed by atoms with van der Waals surface area (Å²) in [6.45, 7) is 15.5. The van der Waals surface area contributed by atoms with E-state index < -0.39 is 24.1 Å². The van der Waals surface area contributed by atoms with Crippen LogP contribution in [0, 0.1) is 29.6 Å². The third-order valence-corrected chi connectivity index (χ3v) is 8.65. The molecule has 46 heavy (non-hydrogen) atoms. The second-order valence-corrected chi connectivity index (χ2v) is 13.2. The van der Waals surface area contributed by atoms with Crippen LogP contribution in [0.3, 0.4) is 0 Å². The highest BCUT2D eigenvalue weighted by molar-refractivity contribution is 5.88. The van der Waals surface area contributed by atoms with Crippen LogP contribution >= 0.6 is 12.4 Å². The van der Waals surface area contributed by atoms with Crippen molar-refractivity contribution in [2.45, 2.75) is 85.4 Å². The van der Waals surface area contributed by atoms with Gasteiger partial charge in [0.1, 0.15) is 6.04 Å². The van der Waals surface area contributed by atoms with Crippen molar-refractivity contribution in [3.8, 4) is 11.5 Å². The van der Waals surface area contributed by atoms with Crippen LogP contribution < -0.4 is 25.9 Å². The number of carbonyl (C=O) groups excluding carboxylic acids is 2. The summed E-state index contributed by atoms with van der Waals surface area (Å²) < 4.78 is 21.9. The fraction of sp³-hybridized carbons (Fsp3) is 0.765. The molecule has 1 aliphatic heterocycles. The second kappa shape index (κ2) is 21.7. The molecule has 2 rings (SSSR count). The van der Waals surface area contributed by atoms with Crippen molar-refractivity contribution < 1.29 is 33.6 Å². The largest absolute Gasteiger partial charge is 0.493 e. The first-order chi connectivity index (χ1) is 21.4. The number of hydrazine groups is 1. The number of nitrogens with zero attached hydrogens (tertiary/aromatic N) is 1. The van der Waals surface area contributed by atoms with Crippen molar-refractivity contribution in [1.82, 2.24) is 15.8 Å². The van der Waals surface area contributed by atoms with Gasteiger partial charge in [-0.3, -0.25) is 15.0 Å². The predicted octanol–water partition coefficient (Wildman–Crippen LogP) is 3.59. The Balaban J connectivity index is 0.0000106. The summed E-state index contributed by atoms with van der Waals surface area (Å²) in [5.41, 5.74) is 10.6. The summed E-state index contributed by atoms with van der Waals surface area (Å²) in [4.78, 5) is 26.6. The lowest BCUT2D eigenvalue weighted by Gasteiger charge is -2.32. The molecule has 1 heterocycles. The van der Waals surface area contributed by atoms with E-state index >= 15 is 0 Å². The van der Waals surface area contributed by atoms with Gasteiger partial charge in [0.2, 0.25) is 5.91 Å². The van der Waals surface area contributed by atoms with Crippen molar-refractivity contribution in [3.05, 3.63) is 23.8 Å². The van der Waals surface area contributed by atoms with Gasteiger partial charge in [0.15, 0.2) is 11.5 Å². The number of methoxy groups -OCH3 is 2. The van der Waals surface area contributed by atoms with Gasteiger partial charge in [0, 0.05) is 45.2 Å². The monoisotopic (exact) mass is 672 g/mol. The smallest absolute Gasteiger partial charge is 0.257 e. The number of nitrogens with two attached hydrogens (primary N) is 1. The molecule has 0 unspecified atom stereocenters. The van der Waals surface area contributed by atoms with Crippen molar-refractivity contribution in [2.24, 2.45) is 35.3 Å². The quantitative estimate of drug-likeness (QED) is 0.153. The molecule has 1 aliphatic rings. The first kappa shape index (κ1) is 41.9. The SMILES string of the molecule is COCCCOc1cc(C[C@@H](C[C@H](N)[C@@H](O)C[C@H](C(=O)N[C@H](C(=O)NN2CCOCC2)C(C)C)C(C)C)C(C)C)ccc1OC.Cl. The van der Waals surface area contributed by atoms with Crippen molar-refractivity contribution in [3.63, 3.8) is 0 Å². The Hall–Kier alpha value is -2.15. The van der Waals surface area contributed by atoms with E-state index in [0.29, 0.717) is 63.4 Å². The average Bonchev–Trinajstić information content (AvgIpc) is 3.00. The number of rotatable bonds is 20. The van der Waals surface area contributed by atoms with Gasteiger partial charge in [0.25, 0.3) is 5.91 Å². The number of benzene rings is 1. The molecule has 0 bridgehead atoms. The Morgan fingerprint density at radius 2 is 1.63 bits per heavy atom. The third-order valence-electron chi connectivity index (χ3n) is 8.65. The van der Waals surface area contributed by atoms with Crippen molar-refractivity contribution in [2.75, 3.05) is 53.7 Å². The van der Waals surface area contributed by atoms with E-state index in [9.17, 15) is 14.7 Å². The van der Waals surface area contributed by atoms with Gasteiger partial charge in [0.05, 0.1) is 33.0 Å². The molecule has 5 atom stereocenters. The molecule has 1 fully saturated rings. The fourth-order valence-corrected chi connectivity index (χ4v) is 5.56. The zero-order valence-corrected chi connectivity index (χ0v) is 30.1. The first-order valence-corrected chi connectivity index (χ1v) is 16.5. The lowest BCUT2D eigenvalue weighted by molar-refractivity contribution is -0.137. The normalized spacial score (nSPS) is 17.2. The summed E-state index contributed by atoms with van der Waals surface area (Å²) in [7, 11) is 3.30. The number of hydrogen-bond donors (Lipinski definition) is 4. The molecule has 0 spiro atoms. The van der Waals surface area contributed by atoms with Crippen LogP contribution in [0.15, 0.2) is 18.2 Å². The number of ether oxygens (including phenoxy) is 4. The maximum absolute atomic E-state index is 13.5. The minimum absolute atomic E-state index is 0. The van der Waals surface area contributed by atoms with E-state index in [4.69, 9.17) is 24.7 Å². The Bertz CT molecular complexity index is 1020. The lowest BCUT2D eigenvalue weighted by Crippen LogP contribution is -2.57. The highest BCUT2D eigenvalue weighted by Crippen LogP contribution is 2.32. The first-order valence-electron chi connectivity index (χ1n) is 16.5. The molecule has 0 aromatic heterocycles. The zero-order valence-electron chi connectivity index (χ0n) is 29.3. The van der Waals surface area contributed by atoms with Gasteiger partial charge in [-0.2, -0.15) is 0 Å². The molecule has 12 heteroatoms. The molecule has 11 nitrogen and oxygen atoms in total. The molecule has 1 saturated heterocycles. The maximum atomic E-state index is 13.5. The number of hydrogen-bond acceptors (Lipinski definition) is 9. The molecule has 5 N–H and O–H groups in total. The molecule has 0 radical (unpaired) electrons. The van der Waals surface area contributed by atoms with Crippen molar-refractivity contribution in [1.29, 1.82) is 0 Å². The van der Waals surface area contributed by atoms with Gasteiger partial charge in [-0.15, -0.1) is 12.4 Å². The van der Waals surface area contributed by atoms with E-state index in [2.05, 4.69) is 24.6 Å². The van der Waals surface area contributed by atoms with Crippen LogP contribution in [0.5, 0.6) is 11.5 Å². The topological polar surface area (TPSA) is 145 Å². The van der Waals surface area contributed by atoms with Gasteiger partial charge in [-0.05, 0) is 60.6 Å². The highest BCUT2D eigenvalue weighted by Gasteiger charge is 2.33. The lowest BCUT2D eigenvalue weighted by atomic mass is 9.80. The molecular weight excluding hydrogens is 612 g/mol. The minimum atomic E-state index is -0.875. The van der Waals surface area contributed by atoms with Crippen LogP contribution in [-0.4, -0.2) is 93.9 Å². The number of nitrogens with one attached hydrogen (secondary N) is 2. The number of amides is 2. The van der Waals surface area contributed by atoms with Crippen LogP contribution in [0.4, 0.5) is 0 Å². The minimum Gasteiger partial charge on any atom is -0.493 e. The number of aliphatic hydroxyl groups is 1. The summed E-state index contributed by atoms with van der Waals surface area (Å²) >= 11 is 0. The molecule has 266 valence electrons. The summed E-state index contributed by atoms with van der Waals surface area (Å²) in [5.74, 6) is 0.733. The number of halogens is 1. The Kier molecular flexibility index (Phi) is 19.7. The van der Waals surface area contributed by atoms with Gasteiger partial charge < -0.3 is 35.1 Å². The van der Waals surface area contributed by atoms with Crippen LogP contribution in [0.25, 0.3) is 0 Å². The van der Waals surface area contributed by atoms with E-state index in [1.165, 1.54) is 0 Å². The van der Waals surface area contributed by atoms with E-state index in [1.54, 1.807) is 14.2 Å². The summed E-state index contributed by atoms with van der Waals surface area (Å²) in [5, 5.41) is 16.0. The third kappa shape index (κ3) is 13.9. The zero-order chi connectivity index (χ0) is 33.5. The molecule has 2 amide bonds. The molecule has 1 aromatic carbocycles. The molecule has 1 aromatic rings. The second-order valence-electron chi connectivity index (χ2n) is 13.2. The number of aliphatic hydroxyl groups excluding tert-OH is 1. The van der Waals surface area contributed by atoms with Gasteiger partial charge in [-0.1, -0.05) is 47.6 Å². The summed E-state index contributed by atoms with van der Waals surface area (Å²) in [6.07, 6.45) is 1.48. The molecule has 0 aliphatic carbocycles. The average molecular weight is 673 g/mol. The van der Waals surface area contributed by atoms with Crippen LogP contribution in [-0.2, 0) is 25.5 Å². The van der Waals surface area contributed by atoms with Crippen LogP contribution in [0.2, 0.25) is 0 Å². The molecular formula is C34H61ClN4O7. The van der Waals surface area contributed by atoms with E-state index in [0.717, 1.165) is 18.4 Å². The maximum Gasteiger partial charge on any atom is 0.257 e. The summed E-state index contributed by atoms with van der Waals surface area (Å²) in [6, 6.07) is 4.76. The van der Waals surface area contributed by atoms with Gasteiger partial charge >= 0.3 is 0 Å². The highest BCUT2D eigenvalue weighted by atomic mass is 35.5. The van der Waals surface area contributed by atoms with Crippen LogP contribution in [0.1, 0.15) is 66.4 Å². The number of morpholine rings is 1. The van der Waals surface area contributed by atoms with Gasteiger partial charge in [-0.25, -0.2) is 5.01 Å². The molecule has 0 saturated carbocycles.